The monoisotopic (exact) mass is 396 g/mol. The summed E-state index contributed by atoms with van der Waals surface area (Å²) in [5, 5.41) is 0.839. The Labute approximate surface area is 171 Å². The van der Waals surface area contributed by atoms with Gasteiger partial charge in [-0.25, -0.2) is 0 Å². The minimum Gasteiger partial charge on any atom is -0.451 e. The van der Waals surface area contributed by atoms with Crippen molar-refractivity contribution in [3.8, 4) is 11.1 Å². The maximum atomic E-state index is 12.6. The van der Waals surface area contributed by atoms with Gasteiger partial charge in [-0.15, -0.1) is 0 Å². The molecule has 6 heteroatoms. The second-order valence-electron chi connectivity index (χ2n) is 7.10. The van der Waals surface area contributed by atoms with E-state index in [4.69, 9.17) is 4.42 Å². The molecule has 1 heterocycles. The number of nitrogens with one attached hydrogen (secondary N) is 2. The number of amides is 2. The van der Waals surface area contributed by atoms with E-state index < -0.39 is 11.8 Å². The number of para-hydroxylation sites is 1. The van der Waals surface area contributed by atoms with Crippen molar-refractivity contribution in [2.45, 2.75) is 6.92 Å². The van der Waals surface area contributed by atoms with Crippen molar-refractivity contribution >= 4 is 28.6 Å². The zero-order chi connectivity index (χ0) is 20.8. The molecule has 1 aromatic heterocycles. The summed E-state index contributed by atoms with van der Waals surface area (Å²) in [6.45, 7) is 1.78. The van der Waals surface area contributed by atoms with Gasteiger partial charge < -0.3 is 4.42 Å². The van der Waals surface area contributed by atoms with Gasteiger partial charge in [0.05, 0.1) is 0 Å². The summed E-state index contributed by atoms with van der Waals surface area (Å²) >= 11 is 0. The quantitative estimate of drug-likeness (QED) is 0.441. The SMILES string of the molecule is Cc1c(C(=O)NNC(=O)c2ccc3c(c2)C(=O)c2ccccc2-3)oc2ccccc12. The minimum absolute atomic E-state index is 0.114. The number of hydrogen-bond donors (Lipinski definition) is 2. The third-order valence-electron chi connectivity index (χ3n) is 5.33. The predicted octanol–water partition coefficient (Wildman–Crippen LogP) is 4.03. The molecule has 1 aliphatic rings. The Morgan fingerprint density at radius 3 is 2.23 bits per heavy atom. The van der Waals surface area contributed by atoms with E-state index in [1.54, 1.807) is 37.3 Å². The fraction of sp³-hybridized carbons (Fsp3) is 0.0417. The van der Waals surface area contributed by atoms with Gasteiger partial charge in [0.25, 0.3) is 5.91 Å². The highest BCUT2D eigenvalue weighted by Crippen LogP contribution is 2.36. The number of aryl methyl sites for hydroxylation is 1. The Balaban J connectivity index is 1.34. The first-order valence-electron chi connectivity index (χ1n) is 9.41. The van der Waals surface area contributed by atoms with E-state index in [9.17, 15) is 14.4 Å². The average molecular weight is 396 g/mol. The van der Waals surface area contributed by atoms with Crippen LogP contribution in [0.25, 0.3) is 22.1 Å². The van der Waals surface area contributed by atoms with Crippen molar-refractivity contribution in [2.75, 3.05) is 0 Å². The van der Waals surface area contributed by atoms with Crippen LogP contribution in [-0.4, -0.2) is 17.6 Å². The van der Waals surface area contributed by atoms with E-state index >= 15 is 0 Å². The Morgan fingerprint density at radius 1 is 0.767 bits per heavy atom. The molecule has 0 spiro atoms. The van der Waals surface area contributed by atoms with Crippen molar-refractivity contribution in [3.05, 3.63) is 94.7 Å². The standard InChI is InChI=1S/C24H16N2O4/c1-13-15-6-4-5-9-20(15)30-22(13)24(29)26-25-23(28)14-10-11-17-16-7-2-3-8-18(16)21(27)19(17)12-14/h2-12H,1H3,(H,25,28)(H,26,29). The molecule has 0 bridgehead atoms. The van der Waals surface area contributed by atoms with Crippen LogP contribution in [0.5, 0.6) is 0 Å². The lowest BCUT2D eigenvalue weighted by Crippen LogP contribution is -2.41. The van der Waals surface area contributed by atoms with Crippen LogP contribution in [0.15, 0.2) is 71.1 Å². The van der Waals surface area contributed by atoms with Crippen LogP contribution < -0.4 is 10.9 Å². The summed E-state index contributed by atoms with van der Waals surface area (Å²) in [4.78, 5) is 37.7. The molecule has 5 rings (SSSR count). The number of fused-ring (bicyclic) bond motifs is 4. The van der Waals surface area contributed by atoms with E-state index in [0.717, 1.165) is 16.5 Å². The molecule has 30 heavy (non-hydrogen) atoms. The molecule has 0 fully saturated rings. The highest BCUT2D eigenvalue weighted by molar-refractivity contribution is 6.22. The fourth-order valence-electron chi connectivity index (χ4n) is 3.80. The zero-order valence-electron chi connectivity index (χ0n) is 16.0. The van der Waals surface area contributed by atoms with Gasteiger partial charge in [0, 0.05) is 27.6 Å². The summed E-state index contributed by atoms with van der Waals surface area (Å²) < 4.78 is 5.60. The number of hydrogen-bond acceptors (Lipinski definition) is 4. The maximum absolute atomic E-state index is 12.6. The smallest absolute Gasteiger partial charge is 0.305 e. The highest BCUT2D eigenvalue weighted by atomic mass is 16.3. The molecule has 0 radical (unpaired) electrons. The lowest BCUT2D eigenvalue weighted by molar-refractivity contribution is 0.0831. The predicted molar refractivity (Wildman–Crippen MR) is 111 cm³/mol. The van der Waals surface area contributed by atoms with Gasteiger partial charge in [0.1, 0.15) is 5.58 Å². The second-order valence-corrected chi connectivity index (χ2v) is 7.10. The topological polar surface area (TPSA) is 88.4 Å². The van der Waals surface area contributed by atoms with Gasteiger partial charge in [-0.2, -0.15) is 0 Å². The Morgan fingerprint density at radius 2 is 1.43 bits per heavy atom. The van der Waals surface area contributed by atoms with Gasteiger partial charge in [0.15, 0.2) is 11.5 Å². The lowest BCUT2D eigenvalue weighted by atomic mass is 10.0. The lowest BCUT2D eigenvalue weighted by Gasteiger charge is -2.08. The first-order chi connectivity index (χ1) is 14.5. The van der Waals surface area contributed by atoms with Crippen LogP contribution in [0.1, 0.15) is 42.4 Å². The van der Waals surface area contributed by atoms with E-state index in [-0.39, 0.29) is 17.1 Å². The molecule has 1 aliphatic carbocycles. The molecule has 6 nitrogen and oxygen atoms in total. The number of carbonyl (C=O) groups is 3. The molecule has 2 amide bonds. The second kappa shape index (κ2) is 6.70. The molecule has 3 aromatic carbocycles. The van der Waals surface area contributed by atoms with Crippen molar-refractivity contribution in [1.82, 2.24) is 10.9 Å². The molecule has 2 N–H and O–H groups in total. The normalized spacial score (nSPS) is 11.8. The molecule has 0 aliphatic heterocycles. The van der Waals surface area contributed by atoms with Gasteiger partial charge >= 0.3 is 5.91 Å². The Hall–Kier alpha value is -4.19. The van der Waals surface area contributed by atoms with Gasteiger partial charge in [-0.05, 0) is 36.2 Å². The van der Waals surface area contributed by atoms with Crippen molar-refractivity contribution in [2.24, 2.45) is 0 Å². The van der Waals surface area contributed by atoms with E-state index in [1.807, 2.05) is 36.4 Å². The number of hydrazine groups is 1. The summed E-state index contributed by atoms with van der Waals surface area (Å²) in [6.07, 6.45) is 0. The zero-order valence-corrected chi connectivity index (χ0v) is 16.0. The number of furan rings is 1. The Kier molecular flexibility index (Phi) is 3.99. The van der Waals surface area contributed by atoms with Crippen molar-refractivity contribution < 1.29 is 18.8 Å². The number of carbonyl (C=O) groups excluding carboxylic acids is 3. The third kappa shape index (κ3) is 2.69. The maximum Gasteiger partial charge on any atom is 0.305 e. The van der Waals surface area contributed by atoms with Crippen LogP contribution in [0, 0.1) is 6.92 Å². The fourth-order valence-corrected chi connectivity index (χ4v) is 3.80. The number of benzene rings is 3. The van der Waals surface area contributed by atoms with Crippen molar-refractivity contribution in [1.29, 1.82) is 0 Å². The molecular formula is C24H16N2O4. The summed E-state index contributed by atoms with van der Waals surface area (Å²) in [6, 6.07) is 19.6. The van der Waals surface area contributed by atoms with Crippen LogP contribution in [0.4, 0.5) is 0 Å². The van der Waals surface area contributed by atoms with Crippen LogP contribution in [-0.2, 0) is 0 Å². The Bertz CT molecular complexity index is 1370. The minimum atomic E-state index is -0.554. The van der Waals surface area contributed by atoms with Gasteiger partial charge in [0.2, 0.25) is 0 Å². The molecule has 0 unspecified atom stereocenters. The van der Waals surface area contributed by atoms with Crippen LogP contribution >= 0.6 is 0 Å². The van der Waals surface area contributed by atoms with Crippen molar-refractivity contribution in [3.63, 3.8) is 0 Å². The van der Waals surface area contributed by atoms with Crippen LogP contribution in [0.2, 0.25) is 0 Å². The van der Waals surface area contributed by atoms with E-state index in [0.29, 0.717) is 22.3 Å². The summed E-state index contributed by atoms with van der Waals surface area (Å²) in [7, 11) is 0. The van der Waals surface area contributed by atoms with Gasteiger partial charge in [-0.3, -0.25) is 25.2 Å². The third-order valence-corrected chi connectivity index (χ3v) is 5.33. The molecule has 0 saturated heterocycles. The van der Waals surface area contributed by atoms with E-state index in [2.05, 4.69) is 10.9 Å². The summed E-state index contributed by atoms with van der Waals surface area (Å²) in [5.74, 6) is -1.06. The molecule has 0 saturated carbocycles. The summed E-state index contributed by atoms with van der Waals surface area (Å²) in [5.41, 5.74) is 9.09. The highest BCUT2D eigenvalue weighted by Gasteiger charge is 2.27. The first kappa shape index (κ1) is 17.9. The largest absolute Gasteiger partial charge is 0.451 e. The van der Waals surface area contributed by atoms with E-state index in [1.165, 1.54) is 0 Å². The molecule has 146 valence electrons. The molecule has 4 aromatic rings. The first-order valence-corrected chi connectivity index (χ1v) is 9.41. The van der Waals surface area contributed by atoms with Gasteiger partial charge in [-0.1, -0.05) is 48.5 Å². The van der Waals surface area contributed by atoms with Crippen LogP contribution in [0.3, 0.4) is 0 Å². The molecule has 0 atom stereocenters. The molecular weight excluding hydrogens is 380 g/mol. The number of rotatable bonds is 2. The number of ketones is 1. The average Bonchev–Trinajstić information content (AvgIpc) is 3.27.